The molecule has 0 saturated heterocycles. The van der Waals surface area contributed by atoms with Gasteiger partial charge in [-0.1, -0.05) is 26.2 Å². The molecule has 0 aliphatic carbocycles. The smallest absolute Gasteiger partial charge is 0.0613 e. The summed E-state index contributed by atoms with van der Waals surface area (Å²) in [5.41, 5.74) is 5.70. The maximum absolute atomic E-state index is 5.70. The van der Waals surface area contributed by atoms with Gasteiger partial charge in [-0.05, 0) is 6.42 Å². The quantitative estimate of drug-likeness (QED) is 0.575. The van der Waals surface area contributed by atoms with E-state index in [1.807, 2.05) is 0 Å². The SMILES string of the molecule is CCCCCC(N)COC. The molecule has 0 aromatic heterocycles. The minimum Gasteiger partial charge on any atom is -0.383 e. The van der Waals surface area contributed by atoms with Gasteiger partial charge in [-0.2, -0.15) is 0 Å². The van der Waals surface area contributed by atoms with Crippen molar-refractivity contribution in [3.63, 3.8) is 0 Å². The minimum atomic E-state index is 0.247. The fourth-order valence-corrected chi connectivity index (χ4v) is 0.954. The van der Waals surface area contributed by atoms with Gasteiger partial charge in [0.05, 0.1) is 6.61 Å². The van der Waals surface area contributed by atoms with E-state index < -0.39 is 0 Å². The number of nitrogens with two attached hydrogens (primary N) is 1. The number of hydrogen-bond donors (Lipinski definition) is 1. The molecule has 2 nitrogen and oxygen atoms in total. The Hall–Kier alpha value is -0.0800. The number of hydrogen-bond acceptors (Lipinski definition) is 2. The van der Waals surface area contributed by atoms with Crippen molar-refractivity contribution in [1.82, 2.24) is 0 Å². The lowest BCUT2D eigenvalue weighted by Gasteiger charge is -2.08. The van der Waals surface area contributed by atoms with Gasteiger partial charge in [0.15, 0.2) is 0 Å². The monoisotopic (exact) mass is 145 g/mol. The van der Waals surface area contributed by atoms with E-state index >= 15 is 0 Å². The summed E-state index contributed by atoms with van der Waals surface area (Å²) >= 11 is 0. The summed E-state index contributed by atoms with van der Waals surface area (Å²) in [7, 11) is 1.69. The molecule has 2 heteroatoms. The van der Waals surface area contributed by atoms with Gasteiger partial charge < -0.3 is 10.5 Å². The van der Waals surface area contributed by atoms with Crippen molar-refractivity contribution in [3.8, 4) is 0 Å². The van der Waals surface area contributed by atoms with Crippen LogP contribution in [0, 0.1) is 0 Å². The standard InChI is InChI=1S/C8H19NO/c1-3-4-5-6-8(9)7-10-2/h8H,3-7,9H2,1-2H3. The first kappa shape index (κ1) is 9.92. The predicted molar refractivity (Wildman–Crippen MR) is 44.0 cm³/mol. The molecule has 0 aliphatic heterocycles. The molecule has 0 radical (unpaired) electrons. The Morgan fingerprint density at radius 3 is 2.60 bits per heavy atom. The summed E-state index contributed by atoms with van der Waals surface area (Å²) in [5, 5.41) is 0. The number of ether oxygens (including phenoxy) is 1. The average molecular weight is 145 g/mol. The number of unbranched alkanes of at least 4 members (excludes halogenated alkanes) is 2. The van der Waals surface area contributed by atoms with Gasteiger partial charge in [-0.3, -0.25) is 0 Å². The van der Waals surface area contributed by atoms with Crippen molar-refractivity contribution in [2.75, 3.05) is 13.7 Å². The molecular weight excluding hydrogens is 126 g/mol. The van der Waals surface area contributed by atoms with Gasteiger partial charge in [0, 0.05) is 13.2 Å². The molecule has 0 rings (SSSR count). The summed E-state index contributed by atoms with van der Waals surface area (Å²) in [6.45, 7) is 2.89. The Kier molecular flexibility index (Phi) is 6.98. The molecule has 10 heavy (non-hydrogen) atoms. The number of methoxy groups -OCH3 is 1. The molecule has 0 aromatic carbocycles. The second-order valence-corrected chi connectivity index (χ2v) is 2.71. The molecule has 0 aromatic rings. The molecule has 0 fully saturated rings. The van der Waals surface area contributed by atoms with Crippen molar-refractivity contribution < 1.29 is 4.74 Å². The fraction of sp³-hybridized carbons (Fsp3) is 1.00. The highest BCUT2D eigenvalue weighted by Gasteiger charge is 1.99. The van der Waals surface area contributed by atoms with E-state index in [0.29, 0.717) is 6.61 Å². The summed E-state index contributed by atoms with van der Waals surface area (Å²) in [5.74, 6) is 0. The predicted octanol–water partition coefficient (Wildman–Crippen LogP) is 1.54. The lowest BCUT2D eigenvalue weighted by atomic mass is 10.1. The lowest BCUT2D eigenvalue weighted by Crippen LogP contribution is -2.25. The van der Waals surface area contributed by atoms with Crippen LogP contribution in [-0.4, -0.2) is 19.8 Å². The molecule has 0 aliphatic rings. The highest BCUT2D eigenvalue weighted by atomic mass is 16.5. The summed E-state index contributed by atoms with van der Waals surface area (Å²) in [4.78, 5) is 0. The second kappa shape index (κ2) is 7.03. The van der Waals surface area contributed by atoms with Crippen molar-refractivity contribution in [2.24, 2.45) is 5.73 Å². The molecular formula is C8H19NO. The highest BCUT2D eigenvalue weighted by molar-refractivity contribution is 4.58. The maximum Gasteiger partial charge on any atom is 0.0613 e. The first-order valence-corrected chi connectivity index (χ1v) is 4.05. The molecule has 0 spiro atoms. The molecule has 0 bridgehead atoms. The van der Waals surface area contributed by atoms with Crippen molar-refractivity contribution >= 4 is 0 Å². The molecule has 1 unspecified atom stereocenters. The molecule has 0 heterocycles. The van der Waals surface area contributed by atoms with Gasteiger partial charge in [-0.15, -0.1) is 0 Å². The normalized spacial score (nSPS) is 13.5. The Labute approximate surface area is 63.7 Å². The van der Waals surface area contributed by atoms with Gasteiger partial charge in [-0.25, -0.2) is 0 Å². The van der Waals surface area contributed by atoms with Gasteiger partial charge in [0.1, 0.15) is 0 Å². The Bertz CT molecular complexity index is 66.3. The van der Waals surface area contributed by atoms with Crippen LogP contribution in [0.4, 0.5) is 0 Å². The molecule has 0 amide bonds. The van der Waals surface area contributed by atoms with Crippen LogP contribution in [0.25, 0.3) is 0 Å². The third-order valence-electron chi connectivity index (χ3n) is 1.56. The van der Waals surface area contributed by atoms with Gasteiger partial charge in [0.25, 0.3) is 0 Å². The largest absolute Gasteiger partial charge is 0.383 e. The van der Waals surface area contributed by atoms with E-state index in [2.05, 4.69) is 6.92 Å². The molecule has 0 saturated carbocycles. The first-order chi connectivity index (χ1) is 4.81. The van der Waals surface area contributed by atoms with Crippen molar-refractivity contribution in [3.05, 3.63) is 0 Å². The van der Waals surface area contributed by atoms with E-state index in [4.69, 9.17) is 10.5 Å². The Balaban J connectivity index is 2.97. The Morgan fingerprint density at radius 2 is 2.10 bits per heavy atom. The van der Waals surface area contributed by atoms with E-state index in [1.165, 1.54) is 19.3 Å². The molecule has 62 valence electrons. The minimum absolute atomic E-state index is 0.247. The zero-order valence-corrected chi connectivity index (χ0v) is 7.10. The Morgan fingerprint density at radius 1 is 1.40 bits per heavy atom. The number of rotatable bonds is 6. The third kappa shape index (κ3) is 6.05. The maximum atomic E-state index is 5.70. The van der Waals surface area contributed by atoms with Gasteiger partial charge >= 0.3 is 0 Å². The third-order valence-corrected chi connectivity index (χ3v) is 1.56. The first-order valence-electron chi connectivity index (χ1n) is 4.05. The van der Waals surface area contributed by atoms with Crippen LogP contribution >= 0.6 is 0 Å². The average Bonchev–Trinajstić information content (AvgIpc) is 1.89. The van der Waals surface area contributed by atoms with Crippen LogP contribution in [0.15, 0.2) is 0 Å². The van der Waals surface area contributed by atoms with Crippen molar-refractivity contribution in [1.29, 1.82) is 0 Å². The summed E-state index contributed by atoms with van der Waals surface area (Å²) in [6.07, 6.45) is 4.89. The van der Waals surface area contributed by atoms with Crippen LogP contribution in [-0.2, 0) is 4.74 Å². The lowest BCUT2D eigenvalue weighted by molar-refractivity contribution is 0.176. The van der Waals surface area contributed by atoms with Crippen LogP contribution < -0.4 is 5.73 Å². The highest BCUT2D eigenvalue weighted by Crippen LogP contribution is 2.01. The van der Waals surface area contributed by atoms with E-state index in [1.54, 1.807) is 7.11 Å². The second-order valence-electron chi connectivity index (χ2n) is 2.71. The van der Waals surface area contributed by atoms with Crippen LogP contribution in [0.3, 0.4) is 0 Å². The fourth-order valence-electron chi connectivity index (χ4n) is 0.954. The van der Waals surface area contributed by atoms with E-state index in [0.717, 1.165) is 6.42 Å². The van der Waals surface area contributed by atoms with Crippen LogP contribution in [0.2, 0.25) is 0 Å². The van der Waals surface area contributed by atoms with Crippen molar-refractivity contribution in [2.45, 2.75) is 38.6 Å². The zero-order valence-electron chi connectivity index (χ0n) is 7.10. The zero-order chi connectivity index (χ0) is 7.82. The van der Waals surface area contributed by atoms with Gasteiger partial charge in [0.2, 0.25) is 0 Å². The molecule has 2 N–H and O–H groups in total. The van der Waals surface area contributed by atoms with Crippen LogP contribution in [0.1, 0.15) is 32.6 Å². The molecule has 1 atom stereocenters. The summed E-state index contributed by atoms with van der Waals surface area (Å²) in [6, 6.07) is 0.247. The topological polar surface area (TPSA) is 35.2 Å². The summed E-state index contributed by atoms with van der Waals surface area (Å²) < 4.78 is 4.91. The van der Waals surface area contributed by atoms with Crippen LogP contribution in [0.5, 0.6) is 0 Å². The van der Waals surface area contributed by atoms with E-state index in [9.17, 15) is 0 Å². The van der Waals surface area contributed by atoms with E-state index in [-0.39, 0.29) is 6.04 Å².